The zero-order valence-corrected chi connectivity index (χ0v) is 8.28. The normalized spacial score (nSPS) is 20.8. The first kappa shape index (κ1) is 9.53. The summed E-state index contributed by atoms with van der Waals surface area (Å²) in [5, 5.41) is 9.00. The van der Waals surface area contributed by atoms with Gasteiger partial charge in [-0.3, -0.25) is 0 Å². The molecule has 0 saturated carbocycles. The summed E-state index contributed by atoms with van der Waals surface area (Å²) in [6, 6.07) is 8.17. The highest BCUT2D eigenvalue weighted by Gasteiger charge is 2.18. The molecule has 2 nitrogen and oxygen atoms in total. The molecule has 0 radical (unpaired) electrons. The average molecular weight is 192 g/mol. The molecule has 76 valence electrons. The van der Waals surface area contributed by atoms with Crippen molar-refractivity contribution in [2.45, 2.75) is 25.2 Å². The molecule has 1 N–H and O–H groups in total. The van der Waals surface area contributed by atoms with Crippen molar-refractivity contribution in [3.8, 4) is 5.75 Å². The summed E-state index contributed by atoms with van der Waals surface area (Å²) in [5.74, 6) is 1.47. The van der Waals surface area contributed by atoms with Crippen LogP contribution in [-0.4, -0.2) is 18.3 Å². The largest absolute Gasteiger partial charge is 0.493 e. The van der Waals surface area contributed by atoms with Gasteiger partial charge in [0.25, 0.3) is 0 Å². The molecule has 2 rings (SSSR count). The van der Waals surface area contributed by atoms with Gasteiger partial charge in [0.15, 0.2) is 0 Å². The molecule has 0 fully saturated rings. The van der Waals surface area contributed by atoms with E-state index in [9.17, 15) is 0 Å². The molecule has 14 heavy (non-hydrogen) atoms. The summed E-state index contributed by atoms with van der Waals surface area (Å²) in [6.45, 7) is 1.07. The number of hydrogen-bond donors (Lipinski definition) is 1. The van der Waals surface area contributed by atoms with E-state index in [0.717, 1.165) is 31.6 Å². The minimum atomic E-state index is 0.263. The van der Waals surface area contributed by atoms with Gasteiger partial charge >= 0.3 is 0 Å². The second-order valence-corrected chi connectivity index (χ2v) is 3.74. The molecule has 0 bridgehead atoms. The van der Waals surface area contributed by atoms with Crippen molar-refractivity contribution in [1.82, 2.24) is 0 Å². The Labute approximate surface area is 84.5 Å². The van der Waals surface area contributed by atoms with Gasteiger partial charge < -0.3 is 9.84 Å². The van der Waals surface area contributed by atoms with Crippen LogP contribution in [0, 0.1) is 0 Å². The lowest BCUT2D eigenvalue weighted by Gasteiger charge is -2.14. The van der Waals surface area contributed by atoms with Crippen molar-refractivity contribution in [3.05, 3.63) is 29.8 Å². The van der Waals surface area contributed by atoms with E-state index in [1.54, 1.807) is 0 Å². The molecule has 1 aromatic rings. The molecule has 1 atom stereocenters. The first-order valence-corrected chi connectivity index (χ1v) is 5.24. The van der Waals surface area contributed by atoms with Gasteiger partial charge in [-0.15, -0.1) is 0 Å². The number of ether oxygens (including phenoxy) is 1. The summed E-state index contributed by atoms with van der Waals surface area (Å²) < 4.78 is 5.64. The SMILES string of the molecule is OCCC1CCCOc2ccccc21. The lowest BCUT2D eigenvalue weighted by Crippen LogP contribution is -2.00. The van der Waals surface area contributed by atoms with Crippen LogP contribution in [0.3, 0.4) is 0 Å². The molecule has 2 heteroatoms. The summed E-state index contributed by atoms with van der Waals surface area (Å²) in [5.41, 5.74) is 1.26. The van der Waals surface area contributed by atoms with Crippen LogP contribution in [0.1, 0.15) is 30.7 Å². The van der Waals surface area contributed by atoms with E-state index < -0.39 is 0 Å². The van der Waals surface area contributed by atoms with Gasteiger partial charge in [0.05, 0.1) is 6.61 Å². The Morgan fingerprint density at radius 2 is 2.21 bits per heavy atom. The number of para-hydroxylation sites is 1. The van der Waals surface area contributed by atoms with Crippen molar-refractivity contribution in [2.75, 3.05) is 13.2 Å². The highest BCUT2D eigenvalue weighted by Crippen LogP contribution is 2.34. The first-order valence-electron chi connectivity index (χ1n) is 5.24. The Balaban J connectivity index is 2.27. The highest BCUT2D eigenvalue weighted by molar-refractivity contribution is 5.36. The summed E-state index contributed by atoms with van der Waals surface area (Å²) in [4.78, 5) is 0. The van der Waals surface area contributed by atoms with Gasteiger partial charge in [0.2, 0.25) is 0 Å². The summed E-state index contributed by atoms with van der Waals surface area (Å²) in [7, 11) is 0. The average Bonchev–Trinajstić information content (AvgIpc) is 2.42. The summed E-state index contributed by atoms with van der Waals surface area (Å²) >= 11 is 0. The van der Waals surface area contributed by atoms with Crippen molar-refractivity contribution in [2.24, 2.45) is 0 Å². The first-order chi connectivity index (χ1) is 6.92. The number of fused-ring (bicyclic) bond motifs is 1. The van der Waals surface area contributed by atoms with Gasteiger partial charge in [-0.25, -0.2) is 0 Å². The standard InChI is InChI=1S/C12H16O2/c13-8-7-10-4-3-9-14-12-6-2-1-5-11(10)12/h1-2,5-6,10,13H,3-4,7-9H2. The Bertz CT molecular complexity index is 296. The molecule has 0 saturated heterocycles. The predicted octanol–water partition coefficient (Wildman–Crippen LogP) is 2.33. The number of hydrogen-bond acceptors (Lipinski definition) is 2. The number of rotatable bonds is 2. The van der Waals surface area contributed by atoms with Gasteiger partial charge in [-0.05, 0) is 36.8 Å². The zero-order valence-electron chi connectivity index (χ0n) is 8.28. The quantitative estimate of drug-likeness (QED) is 0.779. The molecule has 1 unspecified atom stereocenters. The van der Waals surface area contributed by atoms with E-state index in [2.05, 4.69) is 6.07 Å². The van der Waals surface area contributed by atoms with Crippen LogP contribution in [0.4, 0.5) is 0 Å². The second kappa shape index (κ2) is 4.47. The number of aliphatic hydroxyl groups excluding tert-OH is 1. The smallest absolute Gasteiger partial charge is 0.122 e. The van der Waals surface area contributed by atoms with E-state index in [0.29, 0.717) is 5.92 Å². The highest BCUT2D eigenvalue weighted by atomic mass is 16.5. The van der Waals surface area contributed by atoms with E-state index in [4.69, 9.17) is 9.84 Å². The molecule has 1 aliphatic heterocycles. The fourth-order valence-corrected chi connectivity index (χ4v) is 2.07. The van der Waals surface area contributed by atoms with Gasteiger partial charge in [0, 0.05) is 6.61 Å². The molecule has 1 heterocycles. The minimum Gasteiger partial charge on any atom is -0.493 e. The maximum Gasteiger partial charge on any atom is 0.122 e. The molecule has 0 amide bonds. The van der Waals surface area contributed by atoms with E-state index in [1.807, 2.05) is 18.2 Å². The Morgan fingerprint density at radius 3 is 3.07 bits per heavy atom. The second-order valence-electron chi connectivity index (χ2n) is 3.74. The Hall–Kier alpha value is -1.02. The number of aliphatic hydroxyl groups is 1. The minimum absolute atomic E-state index is 0.263. The molecule has 1 aliphatic rings. The molecule has 0 aromatic heterocycles. The predicted molar refractivity (Wildman–Crippen MR) is 55.6 cm³/mol. The van der Waals surface area contributed by atoms with Crippen LogP contribution in [-0.2, 0) is 0 Å². The fourth-order valence-electron chi connectivity index (χ4n) is 2.07. The van der Waals surface area contributed by atoms with Crippen molar-refractivity contribution in [1.29, 1.82) is 0 Å². The Kier molecular flexibility index (Phi) is 3.04. The van der Waals surface area contributed by atoms with Crippen LogP contribution in [0.2, 0.25) is 0 Å². The molecule has 0 spiro atoms. The van der Waals surface area contributed by atoms with E-state index in [1.165, 1.54) is 5.56 Å². The van der Waals surface area contributed by atoms with Crippen molar-refractivity contribution in [3.63, 3.8) is 0 Å². The third-order valence-corrected chi connectivity index (χ3v) is 2.79. The summed E-state index contributed by atoms with van der Waals surface area (Å²) in [6.07, 6.45) is 3.05. The van der Waals surface area contributed by atoms with Gasteiger partial charge in [-0.2, -0.15) is 0 Å². The van der Waals surface area contributed by atoms with E-state index >= 15 is 0 Å². The molecular formula is C12H16O2. The monoisotopic (exact) mass is 192 g/mol. The third-order valence-electron chi connectivity index (χ3n) is 2.79. The maximum absolute atomic E-state index is 9.00. The Morgan fingerprint density at radius 1 is 1.36 bits per heavy atom. The van der Waals surface area contributed by atoms with E-state index in [-0.39, 0.29) is 6.61 Å². The van der Waals surface area contributed by atoms with Crippen LogP contribution in [0.15, 0.2) is 24.3 Å². The van der Waals surface area contributed by atoms with Crippen LogP contribution >= 0.6 is 0 Å². The molecular weight excluding hydrogens is 176 g/mol. The zero-order chi connectivity index (χ0) is 9.80. The van der Waals surface area contributed by atoms with Crippen LogP contribution < -0.4 is 4.74 Å². The molecule has 0 aliphatic carbocycles. The van der Waals surface area contributed by atoms with Gasteiger partial charge in [-0.1, -0.05) is 18.2 Å². The third kappa shape index (κ3) is 1.90. The van der Waals surface area contributed by atoms with Crippen LogP contribution in [0.25, 0.3) is 0 Å². The topological polar surface area (TPSA) is 29.5 Å². The van der Waals surface area contributed by atoms with Gasteiger partial charge in [0.1, 0.15) is 5.75 Å². The lowest BCUT2D eigenvalue weighted by molar-refractivity contribution is 0.271. The van der Waals surface area contributed by atoms with Crippen molar-refractivity contribution >= 4 is 0 Å². The lowest BCUT2D eigenvalue weighted by atomic mass is 9.92. The number of benzene rings is 1. The fraction of sp³-hybridized carbons (Fsp3) is 0.500. The maximum atomic E-state index is 9.00. The molecule has 1 aromatic carbocycles. The van der Waals surface area contributed by atoms with Crippen molar-refractivity contribution < 1.29 is 9.84 Å². The van der Waals surface area contributed by atoms with Crippen LogP contribution in [0.5, 0.6) is 5.75 Å².